The zero-order chi connectivity index (χ0) is 14.4. The molecule has 1 aromatic heterocycles. The molecule has 0 bridgehead atoms. The number of para-hydroxylation sites is 1. The van der Waals surface area contributed by atoms with Gasteiger partial charge in [-0.05, 0) is 31.7 Å². The second kappa shape index (κ2) is 7.50. The van der Waals surface area contributed by atoms with Gasteiger partial charge in [0.05, 0.1) is 11.9 Å². The van der Waals surface area contributed by atoms with E-state index in [1.165, 1.54) is 5.56 Å². The van der Waals surface area contributed by atoms with E-state index in [1.54, 1.807) is 0 Å². The van der Waals surface area contributed by atoms with Crippen LogP contribution in [0, 0.1) is 0 Å². The van der Waals surface area contributed by atoms with Gasteiger partial charge in [0.15, 0.2) is 0 Å². The number of aromatic nitrogens is 2. The Bertz CT molecular complexity index is 509. The van der Waals surface area contributed by atoms with E-state index in [0.717, 1.165) is 17.9 Å². The fourth-order valence-corrected chi connectivity index (χ4v) is 2.95. The van der Waals surface area contributed by atoms with E-state index in [4.69, 9.17) is 0 Å². The van der Waals surface area contributed by atoms with Crippen molar-refractivity contribution in [2.75, 3.05) is 12.0 Å². The molecule has 20 heavy (non-hydrogen) atoms. The van der Waals surface area contributed by atoms with E-state index in [0.29, 0.717) is 12.1 Å². The molecular weight excluding hydrogens is 266 g/mol. The number of nitrogens with one attached hydrogen (secondary N) is 1. The molecule has 1 N–H and O–H groups in total. The molecular formula is C16H23N3S. The van der Waals surface area contributed by atoms with E-state index in [2.05, 4.69) is 48.8 Å². The Kier molecular flexibility index (Phi) is 5.68. The third kappa shape index (κ3) is 3.87. The van der Waals surface area contributed by atoms with Gasteiger partial charge in [0.25, 0.3) is 0 Å². The predicted octanol–water partition coefficient (Wildman–Crippen LogP) is 3.66. The topological polar surface area (TPSA) is 29.9 Å². The van der Waals surface area contributed by atoms with Crippen molar-refractivity contribution < 1.29 is 0 Å². The first kappa shape index (κ1) is 15.1. The summed E-state index contributed by atoms with van der Waals surface area (Å²) >= 11 is 1.89. The van der Waals surface area contributed by atoms with Crippen LogP contribution in [0.4, 0.5) is 0 Å². The summed E-state index contributed by atoms with van der Waals surface area (Å²) < 4.78 is 1.93. The molecule has 0 aliphatic carbocycles. The average Bonchev–Trinajstić information content (AvgIpc) is 2.97. The van der Waals surface area contributed by atoms with Crippen LogP contribution in [0.3, 0.4) is 0 Å². The molecule has 0 amide bonds. The van der Waals surface area contributed by atoms with Gasteiger partial charge in [-0.3, -0.25) is 0 Å². The third-order valence-corrected chi connectivity index (χ3v) is 4.21. The third-order valence-electron chi connectivity index (χ3n) is 3.47. The first-order valence-corrected chi connectivity index (χ1v) is 8.49. The molecule has 1 aromatic carbocycles. The number of thioether (sulfide) groups is 1. The summed E-state index contributed by atoms with van der Waals surface area (Å²) in [7, 11) is 0. The Morgan fingerprint density at radius 1 is 1.30 bits per heavy atom. The molecule has 108 valence electrons. The highest BCUT2D eigenvalue weighted by Gasteiger charge is 2.13. The van der Waals surface area contributed by atoms with Gasteiger partial charge in [0.2, 0.25) is 0 Å². The fraction of sp³-hybridized carbons (Fsp3) is 0.438. The van der Waals surface area contributed by atoms with Gasteiger partial charge in [0.1, 0.15) is 0 Å². The lowest BCUT2D eigenvalue weighted by Crippen LogP contribution is -2.32. The number of hydrogen-bond acceptors (Lipinski definition) is 3. The molecule has 0 radical (unpaired) electrons. The average molecular weight is 289 g/mol. The second-order valence-corrected chi connectivity index (χ2v) is 5.91. The Hall–Kier alpha value is -1.26. The number of hydrogen-bond donors (Lipinski definition) is 1. The van der Waals surface area contributed by atoms with Crippen LogP contribution in [-0.2, 0) is 0 Å². The molecule has 2 aromatic rings. The Morgan fingerprint density at radius 2 is 2.05 bits per heavy atom. The summed E-state index contributed by atoms with van der Waals surface area (Å²) in [5, 5.41) is 8.13. The van der Waals surface area contributed by atoms with Crippen molar-refractivity contribution in [3.05, 3.63) is 48.3 Å². The summed E-state index contributed by atoms with van der Waals surface area (Å²) in [4.78, 5) is 0. The van der Waals surface area contributed by atoms with Crippen LogP contribution in [0.1, 0.15) is 31.9 Å². The van der Waals surface area contributed by atoms with Gasteiger partial charge in [-0.1, -0.05) is 25.1 Å². The molecule has 2 atom stereocenters. The van der Waals surface area contributed by atoms with Gasteiger partial charge in [0, 0.05) is 29.6 Å². The van der Waals surface area contributed by atoms with E-state index in [-0.39, 0.29) is 0 Å². The van der Waals surface area contributed by atoms with Crippen LogP contribution in [0.5, 0.6) is 0 Å². The van der Waals surface area contributed by atoms with Crippen LogP contribution >= 0.6 is 11.8 Å². The molecule has 2 unspecified atom stereocenters. The minimum atomic E-state index is 0.324. The maximum absolute atomic E-state index is 4.46. The largest absolute Gasteiger partial charge is 0.307 e. The van der Waals surface area contributed by atoms with Crippen LogP contribution in [-0.4, -0.2) is 27.8 Å². The summed E-state index contributed by atoms with van der Waals surface area (Å²) in [6, 6.07) is 11.1. The summed E-state index contributed by atoms with van der Waals surface area (Å²) in [5.41, 5.74) is 2.33. The zero-order valence-electron chi connectivity index (χ0n) is 12.4. The number of benzene rings is 1. The van der Waals surface area contributed by atoms with Crippen molar-refractivity contribution in [2.24, 2.45) is 0 Å². The van der Waals surface area contributed by atoms with Crippen LogP contribution in [0.2, 0.25) is 0 Å². The predicted molar refractivity (Wildman–Crippen MR) is 87.6 cm³/mol. The normalized spacial score (nSPS) is 14.2. The molecule has 0 fully saturated rings. The monoisotopic (exact) mass is 289 g/mol. The van der Waals surface area contributed by atoms with Crippen molar-refractivity contribution in [3.63, 3.8) is 0 Å². The second-order valence-electron chi connectivity index (χ2n) is 5.00. The Labute approximate surface area is 125 Å². The lowest BCUT2D eigenvalue weighted by molar-refractivity contribution is 0.475. The maximum atomic E-state index is 4.46. The lowest BCUT2D eigenvalue weighted by atomic mass is 10.1. The molecule has 0 aliphatic rings. The van der Waals surface area contributed by atoms with Crippen LogP contribution < -0.4 is 5.32 Å². The molecule has 0 aliphatic heterocycles. The van der Waals surface area contributed by atoms with Crippen molar-refractivity contribution >= 4 is 11.8 Å². The highest BCUT2D eigenvalue weighted by Crippen LogP contribution is 2.16. The minimum absolute atomic E-state index is 0.324. The first-order chi connectivity index (χ1) is 9.74. The Balaban J connectivity index is 2.05. The highest BCUT2D eigenvalue weighted by atomic mass is 32.2. The molecule has 2 rings (SSSR count). The summed E-state index contributed by atoms with van der Waals surface area (Å²) in [5.74, 6) is 1.15. The Morgan fingerprint density at radius 3 is 2.70 bits per heavy atom. The summed E-state index contributed by atoms with van der Waals surface area (Å²) in [6.45, 7) is 4.43. The van der Waals surface area contributed by atoms with E-state index in [1.807, 2.05) is 40.8 Å². The van der Waals surface area contributed by atoms with Gasteiger partial charge in [-0.25, -0.2) is 4.68 Å². The molecule has 0 spiro atoms. The molecule has 3 nitrogen and oxygen atoms in total. The molecule has 0 saturated heterocycles. The summed E-state index contributed by atoms with van der Waals surface area (Å²) in [6.07, 6.45) is 7.37. The van der Waals surface area contributed by atoms with E-state index < -0.39 is 0 Å². The lowest BCUT2D eigenvalue weighted by Gasteiger charge is -2.20. The van der Waals surface area contributed by atoms with Crippen molar-refractivity contribution in [2.45, 2.75) is 32.4 Å². The first-order valence-electron chi connectivity index (χ1n) is 7.09. The molecule has 1 heterocycles. The van der Waals surface area contributed by atoms with Gasteiger partial charge in [-0.15, -0.1) is 0 Å². The fourth-order valence-electron chi connectivity index (χ4n) is 2.22. The quantitative estimate of drug-likeness (QED) is 0.843. The van der Waals surface area contributed by atoms with Gasteiger partial charge in [-0.2, -0.15) is 16.9 Å². The minimum Gasteiger partial charge on any atom is -0.307 e. The van der Waals surface area contributed by atoms with Crippen LogP contribution in [0.15, 0.2) is 42.7 Å². The van der Waals surface area contributed by atoms with Gasteiger partial charge >= 0.3 is 0 Å². The highest BCUT2D eigenvalue weighted by molar-refractivity contribution is 7.98. The van der Waals surface area contributed by atoms with Crippen LogP contribution in [0.25, 0.3) is 5.69 Å². The van der Waals surface area contributed by atoms with E-state index in [9.17, 15) is 0 Å². The standard InChI is InChI=1S/C16H23N3S/c1-4-15(12-20-3)18-13(2)14-10-17-19(11-14)16-8-6-5-7-9-16/h5-11,13,15,18H,4,12H2,1-3H3. The number of rotatable bonds is 7. The zero-order valence-corrected chi connectivity index (χ0v) is 13.2. The SMILES string of the molecule is CCC(CSC)NC(C)c1cnn(-c2ccccc2)c1. The van der Waals surface area contributed by atoms with Crippen molar-refractivity contribution in [1.29, 1.82) is 0 Å². The number of nitrogens with zero attached hydrogens (tertiary/aromatic N) is 2. The van der Waals surface area contributed by atoms with Crippen molar-refractivity contribution in [3.8, 4) is 5.69 Å². The molecule has 0 saturated carbocycles. The van der Waals surface area contributed by atoms with E-state index >= 15 is 0 Å². The maximum Gasteiger partial charge on any atom is 0.0645 e. The van der Waals surface area contributed by atoms with Crippen molar-refractivity contribution in [1.82, 2.24) is 15.1 Å². The smallest absolute Gasteiger partial charge is 0.0645 e. The molecule has 4 heteroatoms. The van der Waals surface area contributed by atoms with Gasteiger partial charge < -0.3 is 5.32 Å².